The highest BCUT2D eigenvalue weighted by Crippen LogP contribution is 2.57. The summed E-state index contributed by atoms with van der Waals surface area (Å²) in [5, 5.41) is 9.88. The number of carbonyl (C=O) groups excluding carboxylic acids is 3. The zero-order valence-electron chi connectivity index (χ0n) is 25.0. The second-order valence-corrected chi connectivity index (χ2v) is 12.4. The van der Waals surface area contributed by atoms with Gasteiger partial charge >= 0.3 is 0 Å². The summed E-state index contributed by atoms with van der Waals surface area (Å²) in [5.41, 5.74) is -1.10. The first-order valence-electron chi connectivity index (χ1n) is 15.3. The number of ether oxygens (including phenoxy) is 2. The molecule has 4 heterocycles. The van der Waals surface area contributed by atoms with Crippen LogP contribution in [0.15, 0.2) is 72.8 Å². The lowest BCUT2D eigenvalue weighted by Gasteiger charge is -2.37. The van der Waals surface area contributed by atoms with Crippen LogP contribution in [0.4, 0.5) is 11.4 Å². The van der Waals surface area contributed by atoms with Crippen LogP contribution in [0.5, 0.6) is 5.75 Å². The first-order chi connectivity index (χ1) is 21.2. The summed E-state index contributed by atoms with van der Waals surface area (Å²) in [7, 11) is 0. The number of benzene rings is 2. The molecular formula is C34H38ClN3O6. The van der Waals surface area contributed by atoms with Crippen molar-refractivity contribution in [2.24, 2.45) is 11.8 Å². The van der Waals surface area contributed by atoms with Crippen molar-refractivity contribution in [2.45, 2.75) is 50.4 Å². The standard InChI is InChI=1S/C34H38ClN3O6/c1-3-43-26-15-13-25(14-16-26)36-20-7-17-33(2)27(30(36)40)28-31(41)38(19-5-4-6-22-39)29-32(42)37(21-8-18-34(28,29)44-33)24-11-9-23(35)10-12-24/h7-18,27-29,39H,3-6,19-22H2,1-2H3/t27-,28+,29?,33+,34+/m1/s1. The molecule has 5 atom stereocenters. The van der Waals surface area contributed by atoms with Crippen molar-refractivity contribution in [3.63, 3.8) is 0 Å². The van der Waals surface area contributed by atoms with Crippen LogP contribution in [0.2, 0.25) is 5.02 Å². The van der Waals surface area contributed by atoms with E-state index in [1.165, 1.54) is 0 Å². The van der Waals surface area contributed by atoms with Crippen LogP contribution in [0.3, 0.4) is 0 Å². The average Bonchev–Trinajstić information content (AvgIpc) is 3.27. The van der Waals surface area contributed by atoms with Crippen LogP contribution in [-0.2, 0) is 19.1 Å². The SMILES string of the molecule is CCOc1ccc(N2CC=C[C@]3(C)O[C@]45C=CCN(c6ccc(Cl)cc6)C(=O)C4N(CCCCCO)C(=O)[C@@H]5[C@@H]3C2=O)cc1. The minimum absolute atomic E-state index is 0.0573. The molecule has 232 valence electrons. The molecule has 2 aromatic carbocycles. The molecule has 0 bridgehead atoms. The van der Waals surface area contributed by atoms with Crippen LogP contribution < -0.4 is 14.5 Å². The minimum Gasteiger partial charge on any atom is -0.494 e. The fraction of sp³-hybridized carbons (Fsp3) is 0.441. The molecule has 9 nitrogen and oxygen atoms in total. The lowest BCUT2D eigenvalue weighted by Crippen LogP contribution is -2.56. The number of aliphatic hydroxyl groups is 1. The first-order valence-corrected chi connectivity index (χ1v) is 15.7. The molecule has 0 aromatic heterocycles. The normalized spacial score (nSPS) is 29.4. The van der Waals surface area contributed by atoms with Crippen molar-refractivity contribution in [3.05, 3.63) is 77.9 Å². The summed E-state index contributed by atoms with van der Waals surface area (Å²) in [6.07, 6.45) is 9.42. The number of aliphatic hydroxyl groups excluding tert-OH is 1. The summed E-state index contributed by atoms with van der Waals surface area (Å²) >= 11 is 6.14. The number of carbonyl (C=O) groups is 3. The van der Waals surface area contributed by atoms with Crippen molar-refractivity contribution >= 4 is 40.7 Å². The molecule has 0 saturated carbocycles. The van der Waals surface area contributed by atoms with Gasteiger partial charge in [0.25, 0.3) is 5.91 Å². The molecule has 4 aliphatic heterocycles. The van der Waals surface area contributed by atoms with Crippen LogP contribution >= 0.6 is 11.6 Å². The summed E-state index contributed by atoms with van der Waals surface area (Å²) in [6, 6.07) is 13.4. The van der Waals surface area contributed by atoms with Crippen molar-refractivity contribution < 1.29 is 29.0 Å². The maximum atomic E-state index is 14.5. The Kier molecular flexibility index (Phi) is 8.30. The molecule has 2 aromatic rings. The van der Waals surface area contributed by atoms with Gasteiger partial charge in [0.05, 0.1) is 24.0 Å². The van der Waals surface area contributed by atoms with Crippen LogP contribution in [-0.4, -0.2) is 77.8 Å². The number of hydrogen-bond donors (Lipinski definition) is 1. The van der Waals surface area contributed by atoms with E-state index in [0.29, 0.717) is 61.1 Å². The molecule has 0 radical (unpaired) electrons. The van der Waals surface area contributed by atoms with E-state index in [2.05, 4.69) is 0 Å². The first kappa shape index (κ1) is 30.4. The van der Waals surface area contributed by atoms with Gasteiger partial charge in [-0.3, -0.25) is 14.4 Å². The number of rotatable bonds is 9. The van der Waals surface area contributed by atoms with Crippen LogP contribution in [0.25, 0.3) is 0 Å². The van der Waals surface area contributed by atoms with Crippen LogP contribution in [0.1, 0.15) is 33.1 Å². The minimum atomic E-state index is -1.34. The molecule has 6 rings (SSSR count). The largest absolute Gasteiger partial charge is 0.494 e. The lowest BCUT2D eigenvalue weighted by molar-refractivity contribution is -0.144. The Morgan fingerprint density at radius 3 is 2.16 bits per heavy atom. The zero-order valence-corrected chi connectivity index (χ0v) is 25.8. The van der Waals surface area contributed by atoms with E-state index in [1.807, 2.05) is 62.4 Å². The summed E-state index contributed by atoms with van der Waals surface area (Å²) < 4.78 is 12.5. The third-order valence-corrected chi connectivity index (χ3v) is 9.46. The highest BCUT2D eigenvalue weighted by molar-refractivity contribution is 6.30. The van der Waals surface area contributed by atoms with Crippen molar-refractivity contribution in [1.82, 2.24) is 4.90 Å². The van der Waals surface area contributed by atoms with Gasteiger partial charge in [-0.15, -0.1) is 0 Å². The fourth-order valence-corrected chi connectivity index (χ4v) is 7.43. The van der Waals surface area contributed by atoms with E-state index in [4.69, 9.17) is 21.1 Å². The quantitative estimate of drug-likeness (QED) is 0.330. The topological polar surface area (TPSA) is 99.6 Å². The number of halogens is 1. The molecule has 10 heteroatoms. The second-order valence-electron chi connectivity index (χ2n) is 11.9. The van der Waals surface area contributed by atoms with E-state index < -0.39 is 29.1 Å². The Hall–Kier alpha value is -3.66. The number of likely N-dealkylation sites (tertiary alicyclic amines) is 1. The molecule has 1 spiro atoms. The average molecular weight is 620 g/mol. The summed E-state index contributed by atoms with van der Waals surface area (Å²) in [5.74, 6) is -1.81. The lowest BCUT2D eigenvalue weighted by atomic mass is 9.74. The van der Waals surface area contributed by atoms with Gasteiger partial charge in [0.15, 0.2) is 0 Å². The zero-order chi connectivity index (χ0) is 31.1. The van der Waals surface area contributed by atoms with Gasteiger partial charge in [0.2, 0.25) is 11.8 Å². The molecule has 3 amide bonds. The fourth-order valence-electron chi connectivity index (χ4n) is 7.31. The molecule has 1 unspecified atom stereocenters. The third-order valence-electron chi connectivity index (χ3n) is 9.21. The van der Waals surface area contributed by atoms with Crippen molar-refractivity contribution in [2.75, 3.05) is 42.6 Å². The maximum absolute atomic E-state index is 14.5. The Morgan fingerprint density at radius 2 is 1.50 bits per heavy atom. The van der Waals surface area contributed by atoms with Gasteiger partial charge in [-0.2, -0.15) is 0 Å². The van der Waals surface area contributed by atoms with Gasteiger partial charge in [0.1, 0.15) is 17.4 Å². The molecule has 44 heavy (non-hydrogen) atoms. The predicted octanol–water partition coefficient (Wildman–Crippen LogP) is 4.38. The molecule has 1 N–H and O–H groups in total. The molecule has 2 fully saturated rings. The second kappa shape index (κ2) is 12.0. The Bertz CT molecular complexity index is 1480. The number of amides is 3. The maximum Gasteiger partial charge on any atom is 0.253 e. The van der Waals surface area contributed by atoms with Gasteiger partial charge < -0.3 is 29.3 Å². The summed E-state index contributed by atoms with van der Waals surface area (Å²) in [6.45, 7) is 5.27. The van der Waals surface area contributed by atoms with E-state index in [0.717, 1.165) is 0 Å². The number of hydrogen-bond acceptors (Lipinski definition) is 6. The molecule has 2 saturated heterocycles. The van der Waals surface area contributed by atoms with Gasteiger partial charge in [-0.05, 0) is 81.6 Å². The third kappa shape index (κ3) is 5.01. The molecule has 4 aliphatic rings. The van der Waals surface area contributed by atoms with E-state index in [1.54, 1.807) is 39.0 Å². The van der Waals surface area contributed by atoms with E-state index in [-0.39, 0.29) is 30.9 Å². The van der Waals surface area contributed by atoms with Crippen LogP contribution in [0, 0.1) is 11.8 Å². The van der Waals surface area contributed by atoms with E-state index >= 15 is 0 Å². The molecule has 0 aliphatic carbocycles. The number of fused-ring (bicyclic) bond motifs is 2. The predicted molar refractivity (Wildman–Crippen MR) is 168 cm³/mol. The highest BCUT2D eigenvalue weighted by atomic mass is 35.5. The Morgan fingerprint density at radius 1 is 0.864 bits per heavy atom. The Balaban J connectivity index is 1.41. The smallest absolute Gasteiger partial charge is 0.253 e. The molecular weight excluding hydrogens is 582 g/mol. The number of anilines is 2. The monoisotopic (exact) mass is 619 g/mol. The number of nitrogens with zero attached hydrogens (tertiary/aromatic N) is 3. The van der Waals surface area contributed by atoms with Crippen molar-refractivity contribution in [1.29, 1.82) is 0 Å². The van der Waals surface area contributed by atoms with Gasteiger partial charge in [0, 0.05) is 42.6 Å². The highest BCUT2D eigenvalue weighted by Gasteiger charge is 2.74. The van der Waals surface area contributed by atoms with Gasteiger partial charge in [-0.1, -0.05) is 35.9 Å². The Labute approximate surface area is 262 Å². The summed E-state index contributed by atoms with van der Waals surface area (Å²) in [4.78, 5) is 48.6. The van der Waals surface area contributed by atoms with Gasteiger partial charge in [-0.25, -0.2) is 0 Å². The van der Waals surface area contributed by atoms with Crippen molar-refractivity contribution in [3.8, 4) is 5.75 Å². The number of unbranched alkanes of at least 4 members (excludes halogenated alkanes) is 2. The van der Waals surface area contributed by atoms with E-state index in [9.17, 15) is 19.5 Å².